The number of carbonyl (C=O) groups excluding carboxylic acids is 3. The van der Waals surface area contributed by atoms with Gasteiger partial charge in [0.2, 0.25) is 0 Å². The molecule has 1 aliphatic carbocycles. The standard InChI is InChI=1S/C30H25F3N2O5S/c1-39-28(37)22-19(16-7-4-3-5-8-16)15-20-23(26(22)36)24(21-9-6-14-41-21)25(29(38)40-2)27(34)35(20)18-12-10-17(11-13-18)30(31,32)33/h3-14,19,22,24H,15,34H2,1-2H3/t19-,22-,24+/m1/s1. The van der Waals surface area contributed by atoms with Crippen LogP contribution in [-0.2, 0) is 30.0 Å². The van der Waals surface area contributed by atoms with Crippen LogP contribution in [0.15, 0.2) is 94.8 Å². The highest BCUT2D eigenvalue weighted by Gasteiger charge is 2.51. The molecule has 212 valence electrons. The van der Waals surface area contributed by atoms with Crippen molar-refractivity contribution in [2.24, 2.45) is 11.7 Å². The van der Waals surface area contributed by atoms with E-state index in [1.807, 2.05) is 0 Å². The summed E-state index contributed by atoms with van der Waals surface area (Å²) in [5.74, 6) is -5.03. The number of anilines is 1. The lowest BCUT2D eigenvalue weighted by molar-refractivity contribution is -0.150. The van der Waals surface area contributed by atoms with Gasteiger partial charge in [-0.3, -0.25) is 14.5 Å². The number of ether oxygens (including phenoxy) is 2. The Morgan fingerprint density at radius 1 is 0.976 bits per heavy atom. The number of alkyl halides is 3. The van der Waals surface area contributed by atoms with Crippen LogP contribution >= 0.6 is 11.3 Å². The summed E-state index contributed by atoms with van der Waals surface area (Å²) in [5, 5.41) is 1.78. The lowest BCUT2D eigenvalue weighted by Crippen LogP contribution is -2.46. The summed E-state index contributed by atoms with van der Waals surface area (Å²) in [7, 11) is 2.37. The molecule has 0 unspecified atom stereocenters. The Balaban J connectivity index is 1.79. The minimum Gasteiger partial charge on any atom is -0.468 e. The zero-order valence-corrected chi connectivity index (χ0v) is 22.8. The molecule has 41 heavy (non-hydrogen) atoms. The van der Waals surface area contributed by atoms with Crippen molar-refractivity contribution in [3.8, 4) is 0 Å². The third-order valence-electron chi connectivity index (χ3n) is 7.41. The molecule has 2 N–H and O–H groups in total. The fraction of sp³-hybridized carbons (Fsp3) is 0.233. The highest BCUT2D eigenvalue weighted by Crippen LogP contribution is 2.52. The zero-order chi connectivity index (χ0) is 29.5. The fourth-order valence-electron chi connectivity index (χ4n) is 5.58. The first-order valence-electron chi connectivity index (χ1n) is 12.6. The summed E-state index contributed by atoms with van der Waals surface area (Å²) in [5.41, 5.74) is 7.18. The molecule has 0 radical (unpaired) electrons. The molecule has 0 spiro atoms. The molecule has 0 saturated carbocycles. The Morgan fingerprint density at radius 3 is 2.22 bits per heavy atom. The number of esters is 2. The summed E-state index contributed by atoms with van der Waals surface area (Å²) in [6.07, 6.45) is -4.45. The van der Waals surface area contributed by atoms with Crippen molar-refractivity contribution in [2.45, 2.75) is 24.4 Å². The summed E-state index contributed by atoms with van der Waals surface area (Å²) < 4.78 is 50.2. The molecular weight excluding hydrogens is 557 g/mol. The number of nitrogens with zero attached hydrogens (tertiary/aromatic N) is 1. The SMILES string of the molecule is COC(=O)C1=C(N)N(c2ccc(C(F)(F)F)cc2)C2=C(C(=O)[C@H](C(=O)OC)[C@@H](c3ccccc3)C2)[C@@H]1c1cccs1. The summed E-state index contributed by atoms with van der Waals surface area (Å²) in [6, 6.07) is 16.7. The van der Waals surface area contributed by atoms with E-state index in [1.54, 1.807) is 47.8 Å². The van der Waals surface area contributed by atoms with E-state index in [9.17, 15) is 27.6 Å². The number of benzene rings is 2. The van der Waals surface area contributed by atoms with Crippen LogP contribution < -0.4 is 10.6 Å². The normalized spacial score (nSPS) is 21.0. The molecule has 5 rings (SSSR count). The molecule has 3 atom stereocenters. The molecule has 0 fully saturated rings. The first-order chi connectivity index (χ1) is 19.6. The maximum Gasteiger partial charge on any atom is 0.416 e. The van der Waals surface area contributed by atoms with Crippen LogP contribution in [0.5, 0.6) is 0 Å². The number of nitrogens with two attached hydrogens (primary N) is 1. The van der Waals surface area contributed by atoms with Crippen molar-refractivity contribution in [2.75, 3.05) is 19.1 Å². The number of Topliss-reactive ketones (excluding diaryl/α,β-unsaturated/α-hetero) is 1. The number of carbonyl (C=O) groups is 3. The van der Waals surface area contributed by atoms with Gasteiger partial charge in [0.05, 0.1) is 31.3 Å². The van der Waals surface area contributed by atoms with Crippen molar-refractivity contribution >= 4 is 34.7 Å². The number of hydrogen-bond donors (Lipinski definition) is 1. The second-order valence-corrected chi connectivity index (χ2v) is 10.5. The van der Waals surface area contributed by atoms with E-state index in [4.69, 9.17) is 15.2 Å². The van der Waals surface area contributed by atoms with Crippen molar-refractivity contribution in [1.29, 1.82) is 0 Å². The highest BCUT2D eigenvalue weighted by molar-refractivity contribution is 7.10. The van der Waals surface area contributed by atoms with E-state index in [2.05, 4.69) is 0 Å². The number of thiophene rings is 1. The number of methoxy groups -OCH3 is 2. The maximum absolute atomic E-state index is 14.4. The molecular formula is C30H25F3N2O5S. The monoisotopic (exact) mass is 582 g/mol. The molecule has 7 nitrogen and oxygen atoms in total. The smallest absolute Gasteiger partial charge is 0.416 e. The molecule has 2 aliphatic rings. The van der Waals surface area contributed by atoms with Crippen molar-refractivity contribution < 1.29 is 37.0 Å². The number of allylic oxidation sites excluding steroid dienone is 2. The van der Waals surface area contributed by atoms with E-state index in [0.717, 1.165) is 12.1 Å². The van der Waals surface area contributed by atoms with Gasteiger partial charge in [0.25, 0.3) is 0 Å². The summed E-state index contributed by atoms with van der Waals surface area (Å²) in [4.78, 5) is 42.8. The molecule has 0 saturated heterocycles. The molecule has 1 aromatic heterocycles. The van der Waals surface area contributed by atoms with Crippen molar-refractivity contribution in [1.82, 2.24) is 0 Å². The maximum atomic E-state index is 14.4. The van der Waals surface area contributed by atoms with Gasteiger partial charge >= 0.3 is 18.1 Å². The van der Waals surface area contributed by atoms with Gasteiger partial charge in [0.1, 0.15) is 11.7 Å². The molecule has 1 aliphatic heterocycles. The third kappa shape index (κ3) is 4.90. The predicted octanol–water partition coefficient (Wildman–Crippen LogP) is 5.51. The minimum atomic E-state index is -4.57. The largest absolute Gasteiger partial charge is 0.468 e. The molecule has 2 aromatic carbocycles. The van der Waals surface area contributed by atoms with E-state index in [1.165, 1.54) is 42.6 Å². The molecule has 11 heteroatoms. The second-order valence-electron chi connectivity index (χ2n) is 9.57. The zero-order valence-electron chi connectivity index (χ0n) is 22.0. The van der Waals surface area contributed by atoms with E-state index >= 15 is 0 Å². The van der Waals surface area contributed by atoms with Gasteiger partial charge < -0.3 is 15.2 Å². The molecule has 0 bridgehead atoms. The van der Waals surface area contributed by atoms with E-state index in [0.29, 0.717) is 16.1 Å². The lowest BCUT2D eigenvalue weighted by Gasteiger charge is -2.43. The Bertz CT molecular complexity index is 1550. The van der Waals surface area contributed by atoms with Crippen molar-refractivity contribution in [3.05, 3.63) is 111 Å². The van der Waals surface area contributed by atoms with Crippen LogP contribution in [0.25, 0.3) is 0 Å². The Labute approximate surface area is 237 Å². The van der Waals surface area contributed by atoms with Crippen LogP contribution in [0.3, 0.4) is 0 Å². The van der Waals surface area contributed by atoms with Gasteiger partial charge in [-0.1, -0.05) is 36.4 Å². The quantitative estimate of drug-likeness (QED) is 0.313. The Morgan fingerprint density at radius 2 is 1.66 bits per heavy atom. The molecule has 2 heterocycles. The van der Waals surface area contributed by atoms with Gasteiger partial charge in [0.15, 0.2) is 5.78 Å². The second kappa shape index (κ2) is 10.9. The molecule has 3 aromatic rings. The average Bonchev–Trinajstić information content (AvgIpc) is 3.50. The van der Waals surface area contributed by atoms with Crippen LogP contribution in [0.4, 0.5) is 18.9 Å². The van der Waals surface area contributed by atoms with Gasteiger partial charge in [-0.25, -0.2) is 4.79 Å². The summed E-state index contributed by atoms with van der Waals surface area (Å²) >= 11 is 1.29. The first kappa shape index (κ1) is 28.2. The number of hydrogen-bond acceptors (Lipinski definition) is 8. The number of rotatable bonds is 5. The Hall–Kier alpha value is -4.38. The van der Waals surface area contributed by atoms with Gasteiger partial charge in [-0.15, -0.1) is 11.3 Å². The number of halogens is 3. The van der Waals surface area contributed by atoms with Gasteiger partial charge in [-0.05, 0) is 47.7 Å². The van der Waals surface area contributed by atoms with Gasteiger partial charge in [0, 0.05) is 27.8 Å². The Kier molecular flexibility index (Phi) is 7.48. The van der Waals surface area contributed by atoms with Crippen LogP contribution in [0.1, 0.15) is 34.3 Å². The highest BCUT2D eigenvalue weighted by atomic mass is 32.1. The predicted molar refractivity (Wildman–Crippen MR) is 146 cm³/mol. The third-order valence-corrected chi connectivity index (χ3v) is 8.34. The first-order valence-corrected chi connectivity index (χ1v) is 13.4. The van der Waals surface area contributed by atoms with Crippen molar-refractivity contribution in [3.63, 3.8) is 0 Å². The number of ketones is 1. The lowest BCUT2D eigenvalue weighted by atomic mass is 9.68. The van der Waals surface area contributed by atoms with Gasteiger partial charge in [-0.2, -0.15) is 13.2 Å². The topological polar surface area (TPSA) is 98.9 Å². The van der Waals surface area contributed by atoms with E-state index in [-0.39, 0.29) is 29.1 Å². The molecule has 0 amide bonds. The van der Waals surface area contributed by atoms with E-state index < -0.39 is 47.2 Å². The van der Waals surface area contributed by atoms with Crippen LogP contribution in [0, 0.1) is 5.92 Å². The van der Waals surface area contributed by atoms with Crippen LogP contribution in [-0.4, -0.2) is 31.9 Å². The van der Waals surface area contributed by atoms with Crippen LogP contribution in [0.2, 0.25) is 0 Å². The average molecular weight is 583 g/mol. The summed E-state index contributed by atoms with van der Waals surface area (Å²) in [6.45, 7) is 0. The minimum absolute atomic E-state index is 0.0521. The fourth-order valence-corrected chi connectivity index (χ4v) is 6.43.